The van der Waals surface area contributed by atoms with Crippen LogP contribution in [0.2, 0.25) is 5.02 Å². The van der Waals surface area contributed by atoms with Crippen molar-refractivity contribution in [1.29, 1.82) is 0 Å². The second kappa shape index (κ2) is 9.97. The van der Waals surface area contributed by atoms with Gasteiger partial charge in [-0.25, -0.2) is 0 Å². The molecule has 35 heavy (non-hydrogen) atoms. The van der Waals surface area contributed by atoms with Gasteiger partial charge in [0.05, 0.1) is 30.9 Å². The van der Waals surface area contributed by atoms with E-state index in [1.54, 1.807) is 36.3 Å². The summed E-state index contributed by atoms with van der Waals surface area (Å²) in [7, 11) is 1.64. The average Bonchev–Trinajstić information content (AvgIpc) is 3.47. The Morgan fingerprint density at radius 3 is 2.54 bits per heavy atom. The van der Waals surface area contributed by atoms with Crippen molar-refractivity contribution in [3.8, 4) is 5.75 Å². The SMILES string of the molecule is COc1ccc(Cl)cc1CN1CCN(C(=O)c2ccc3c(c2)C(=O)N(CC2CCCO2)C3=O)CC1. The molecule has 0 radical (unpaired) electrons. The number of nitrogens with zero attached hydrogens (tertiary/aromatic N) is 3. The van der Waals surface area contributed by atoms with Crippen LogP contribution in [-0.4, -0.2) is 85.0 Å². The Morgan fingerprint density at radius 2 is 1.83 bits per heavy atom. The van der Waals surface area contributed by atoms with E-state index in [2.05, 4.69) is 4.90 Å². The molecule has 3 aliphatic rings. The molecule has 5 rings (SSSR count). The van der Waals surface area contributed by atoms with Crippen LogP contribution in [0.4, 0.5) is 0 Å². The number of methoxy groups -OCH3 is 1. The van der Waals surface area contributed by atoms with Crippen LogP contribution in [0.1, 0.15) is 49.5 Å². The first-order valence-electron chi connectivity index (χ1n) is 11.9. The Labute approximate surface area is 209 Å². The number of imide groups is 1. The molecule has 0 aliphatic carbocycles. The fourth-order valence-corrected chi connectivity index (χ4v) is 5.18. The maximum absolute atomic E-state index is 13.2. The van der Waals surface area contributed by atoms with E-state index in [-0.39, 0.29) is 30.4 Å². The number of rotatable bonds is 6. The van der Waals surface area contributed by atoms with Gasteiger partial charge in [0, 0.05) is 55.5 Å². The molecule has 2 aromatic carbocycles. The molecule has 8 nitrogen and oxygen atoms in total. The van der Waals surface area contributed by atoms with Crippen LogP contribution in [0.3, 0.4) is 0 Å². The number of hydrogen-bond acceptors (Lipinski definition) is 6. The highest BCUT2D eigenvalue weighted by Crippen LogP contribution is 2.27. The lowest BCUT2D eigenvalue weighted by atomic mass is 10.0. The Kier molecular flexibility index (Phi) is 6.77. The van der Waals surface area contributed by atoms with Gasteiger partial charge in [0.25, 0.3) is 17.7 Å². The van der Waals surface area contributed by atoms with E-state index >= 15 is 0 Å². The molecule has 2 fully saturated rings. The summed E-state index contributed by atoms with van der Waals surface area (Å²) in [5.41, 5.74) is 2.08. The fourth-order valence-electron chi connectivity index (χ4n) is 4.98. The van der Waals surface area contributed by atoms with Crippen LogP contribution in [0.15, 0.2) is 36.4 Å². The summed E-state index contributed by atoms with van der Waals surface area (Å²) in [6, 6.07) is 10.4. The molecule has 0 bridgehead atoms. The van der Waals surface area contributed by atoms with Gasteiger partial charge in [-0.3, -0.25) is 24.2 Å². The largest absolute Gasteiger partial charge is 0.496 e. The average molecular weight is 498 g/mol. The highest BCUT2D eigenvalue weighted by Gasteiger charge is 2.38. The van der Waals surface area contributed by atoms with Crippen molar-refractivity contribution < 1.29 is 23.9 Å². The van der Waals surface area contributed by atoms with Crippen molar-refractivity contribution in [2.24, 2.45) is 0 Å². The first-order valence-corrected chi connectivity index (χ1v) is 12.3. The summed E-state index contributed by atoms with van der Waals surface area (Å²) >= 11 is 6.15. The van der Waals surface area contributed by atoms with Gasteiger partial charge in [0.2, 0.25) is 0 Å². The molecule has 2 aromatic rings. The summed E-state index contributed by atoms with van der Waals surface area (Å²) in [4.78, 5) is 44.2. The lowest BCUT2D eigenvalue weighted by Crippen LogP contribution is -2.48. The van der Waals surface area contributed by atoms with Crippen molar-refractivity contribution in [2.45, 2.75) is 25.5 Å². The van der Waals surface area contributed by atoms with Gasteiger partial charge < -0.3 is 14.4 Å². The summed E-state index contributed by atoms with van der Waals surface area (Å²) < 4.78 is 11.0. The number of carbonyl (C=O) groups excluding carboxylic acids is 3. The topological polar surface area (TPSA) is 79.4 Å². The van der Waals surface area contributed by atoms with Crippen LogP contribution in [0.25, 0.3) is 0 Å². The lowest BCUT2D eigenvalue weighted by Gasteiger charge is -2.35. The Morgan fingerprint density at radius 1 is 1.06 bits per heavy atom. The van der Waals surface area contributed by atoms with Crippen molar-refractivity contribution >= 4 is 29.3 Å². The molecule has 9 heteroatoms. The Hall–Kier alpha value is -2.94. The van der Waals surface area contributed by atoms with Crippen LogP contribution >= 0.6 is 11.6 Å². The lowest BCUT2D eigenvalue weighted by molar-refractivity contribution is 0.0475. The van der Waals surface area contributed by atoms with Crippen LogP contribution < -0.4 is 4.74 Å². The highest BCUT2D eigenvalue weighted by atomic mass is 35.5. The van der Waals surface area contributed by atoms with E-state index in [0.29, 0.717) is 61.0 Å². The predicted molar refractivity (Wildman–Crippen MR) is 130 cm³/mol. The second-order valence-corrected chi connectivity index (χ2v) is 9.58. The molecule has 1 atom stereocenters. The number of carbonyl (C=O) groups is 3. The first-order chi connectivity index (χ1) is 16.9. The van der Waals surface area contributed by atoms with Gasteiger partial charge >= 0.3 is 0 Å². The van der Waals surface area contributed by atoms with E-state index in [0.717, 1.165) is 24.2 Å². The summed E-state index contributed by atoms with van der Waals surface area (Å²) in [5, 5.41) is 0.661. The van der Waals surface area contributed by atoms with Crippen molar-refractivity contribution in [3.63, 3.8) is 0 Å². The van der Waals surface area contributed by atoms with E-state index in [4.69, 9.17) is 21.1 Å². The number of amides is 3. The quantitative estimate of drug-likeness (QED) is 0.571. The minimum Gasteiger partial charge on any atom is -0.496 e. The minimum atomic E-state index is -0.351. The van der Waals surface area contributed by atoms with Gasteiger partial charge in [0.15, 0.2) is 0 Å². The van der Waals surface area contributed by atoms with Crippen molar-refractivity contribution in [1.82, 2.24) is 14.7 Å². The molecule has 184 valence electrons. The Bertz CT molecular complexity index is 1160. The summed E-state index contributed by atoms with van der Waals surface area (Å²) in [5.74, 6) is -0.00981. The van der Waals surface area contributed by atoms with E-state index in [1.807, 2.05) is 12.1 Å². The molecule has 0 N–H and O–H groups in total. The monoisotopic (exact) mass is 497 g/mol. The number of piperazine rings is 1. The van der Waals surface area contributed by atoms with Gasteiger partial charge in [0.1, 0.15) is 5.75 Å². The first kappa shape index (κ1) is 23.8. The molecule has 0 saturated carbocycles. The normalized spacial score (nSPS) is 20.5. The molecular weight excluding hydrogens is 470 g/mol. The molecule has 2 saturated heterocycles. The van der Waals surface area contributed by atoms with Crippen LogP contribution in [0.5, 0.6) is 5.75 Å². The number of halogens is 1. The second-order valence-electron chi connectivity index (χ2n) is 9.14. The summed E-state index contributed by atoms with van der Waals surface area (Å²) in [6.07, 6.45) is 1.67. The van der Waals surface area contributed by atoms with Crippen molar-refractivity contribution in [2.75, 3.05) is 46.4 Å². The third kappa shape index (κ3) is 4.78. The smallest absolute Gasteiger partial charge is 0.261 e. The molecule has 0 aromatic heterocycles. The number of fused-ring (bicyclic) bond motifs is 1. The zero-order valence-electron chi connectivity index (χ0n) is 19.7. The maximum Gasteiger partial charge on any atom is 0.261 e. The number of hydrogen-bond donors (Lipinski definition) is 0. The summed E-state index contributed by atoms with van der Waals surface area (Å²) in [6.45, 7) is 4.15. The molecule has 3 aliphatic heterocycles. The van der Waals surface area contributed by atoms with Gasteiger partial charge in [-0.1, -0.05) is 11.6 Å². The molecule has 3 heterocycles. The standard InChI is InChI=1S/C26H28ClN3O5/c1-34-23-7-5-19(27)13-18(23)15-28-8-10-29(11-9-28)24(31)17-4-6-21-22(14-17)26(33)30(25(21)32)16-20-3-2-12-35-20/h4-7,13-14,20H,2-3,8-12,15-16H2,1H3. The van der Waals surface area contributed by atoms with Crippen LogP contribution in [-0.2, 0) is 11.3 Å². The maximum atomic E-state index is 13.2. The third-order valence-corrected chi connectivity index (χ3v) is 7.16. The third-order valence-electron chi connectivity index (χ3n) is 6.92. The van der Waals surface area contributed by atoms with Crippen molar-refractivity contribution in [3.05, 3.63) is 63.7 Å². The van der Waals surface area contributed by atoms with E-state index in [1.165, 1.54) is 4.90 Å². The molecule has 1 unspecified atom stereocenters. The van der Waals surface area contributed by atoms with E-state index < -0.39 is 0 Å². The van der Waals surface area contributed by atoms with Crippen LogP contribution in [0, 0.1) is 0 Å². The molecular formula is C26H28ClN3O5. The van der Waals surface area contributed by atoms with Gasteiger partial charge in [-0.2, -0.15) is 0 Å². The predicted octanol–water partition coefficient (Wildman–Crippen LogP) is 3.08. The van der Waals surface area contributed by atoms with Gasteiger partial charge in [-0.05, 0) is 49.2 Å². The fraction of sp³-hybridized carbons (Fsp3) is 0.423. The number of ether oxygens (including phenoxy) is 2. The zero-order chi connectivity index (χ0) is 24.5. The molecule has 3 amide bonds. The highest BCUT2D eigenvalue weighted by molar-refractivity contribution is 6.30. The van der Waals surface area contributed by atoms with Gasteiger partial charge in [-0.15, -0.1) is 0 Å². The zero-order valence-corrected chi connectivity index (χ0v) is 20.4. The Balaban J connectivity index is 1.22. The van der Waals surface area contributed by atoms with E-state index in [9.17, 15) is 14.4 Å². The molecule has 0 spiro atoms. The minimum absolute atomic E-state index is 0.110. The number of benzene rings is 2.